The van der Waals surface area contributed by atoms with Crippen molar-refractivity contribution in [3.63, 3.8) is 0 Å². The lowest BCUT2D eigenvalue weighted by molar-refractivity contribution is -0.374. The molecule has 618 valence electrons. The van der Waals surface area contributed by atoms with Gasteiger partial charge in [0.1, 0.15) is 16.8 Å². The molecule has 0 heterocycles. The van der Waals surface area contributed by atoms with Gasteiger partial charge in [0, 0.05) is 27.8 Å². The Morgan fingerprint density at radius 2 is 0.615 bits per heavy atom. The average molecular weight is 1570 g/mol. The molecule has 104 heavy (non-hydrogen) atoms. The molecule has 0 spiro atoms. The Morgan fingerprint density at radius 1 is 0.346 bits per heavy atom. The highest BCUT2D eigenvalue weighted by Gasteiger charge is 2.77. The van der Waals surface area contributed by atoms with Crippen LogP contribution in [0.2, 0.25) is 39.3 Å². The minimum Gasteiger partial charge on any atom is -0.429 e. The molecule has 0 saturated heterocycles. The fourth-order valence-electron chi connectivity index (χ4n) is 21.3. The zero-order valence-electron chi connectivity index (χ0n) is 61.6. The van der Waals surface area contributed by atoms with E-state index in [1.807, 2.05) is 0 Å². The molecular formula is C77H142F12O12Si3. The van der Waals surface area contributed by atoms with Crippen LogP contribution < -0.4 is 0 Å². The molecule has 27 heteroatoms. The lowest BCUT2D eigenvalue weighted by Gasteiger charge is -2.43. The zero-order chi connectivity index (χ0) is 73.8. The molecule has 12 aliphatic rings. The van der Waals surface area contributed by atoms with Gasteiger partial charge in [0.15, 0.2) is 27.1 Å². The number of hydrogen-bond acceptors (Lipinski definition) is 12. The number of halogens is 12. The van der Waals surface area contributed by atoms with Gasteiger partial charge in [-0.05, 0) is 342 Å². The number of fused-ring (bicyclic) bond motifs is 27. The molecule has 23 unspecified atom stereocenters. The van der Waals surface area contributed by atoms with Crippen LogP contribution in [0.3, 0.4) is 0 Å². The first-order chi connectivity index (χ1) is 44.8. The van der Waals surface area contributed by atoms with Gasteiger partial charge in [0.25, 0.3) is 0 Å². The van der Waals surface area contributed by atoms with E-state index in [0.29, 0.717) is 66.1 Å². The smallest absolute Gasteiger partial charge is 0.429 e. The first-order valence-electron chi connectivity index (χ1n) is 36.4. The van der Waals surface area contributed by atoms with Gasteiger partial charge in [0.05, 0.1) is 0 Å². The van der Waals surface area contributed by atoms with E-state index in [-0.39, 0.29) is 87.0 Å². The number of hydrogen-bond donors (Lipinski definition) is 0. The van der Waals surface area contributed by atoms with Crippen molar-refractivity contribution in [2.75, 3.05) is 21.3 Å². The molecule has 12 rings (SSSR count). The standard InChI is InChI=1S/C21H28F6O3.C21H31F3O3.C20H29F3O3.3C3H10OSi.6CH4/c1-18(2,3)29-17(28)30-19(20(22,23)24,21(25,26)27)9-13-7-12-8-14(13)16-11-5-4-10(6-11)15(12)16;1-19(2,3)26-18(25)27-20(4,21(22,23)24)10-14-8-13-9-15(14)17-12-6-5-11(7-12)16(13)17;1-19(2,3)26-18(24)25-15(20(21,22)23)9-12-7-13-8-14(12)17-11-5-4-10(6-11)16(13)17;3*1-4-5(2)3;;;;;;/h10-16H,4-9H2,1-3H3;11-17H,5-10H2,1-4H3;10-17H,4-9H2,1-3H3;3*5H,1-3H3;6*1H4. The molecule has 12 fully saturated rings. The Bertz CT molecular complexity index is 2590. The molecule has 0 aromatic heterocycles. The molecule has 23 atom stereocenters. The number of rotatable bonds is 12. The van der Waals surface area contributed by atoms with Gasteiger partial charge in [-0.3, -0.25) is 0 Å². The number of carbonyl (C=O) groups excluding carboxylic acids is 3. The van der Waals surface area contributed by atoms with E-state index in [1.165, 1.54) is 59.3 Å². The maximum atomic E-state index is 13.9. The van der Waals surface area contributed by atoms with E-state index >= 15 is 0 Å². The van der Waals surface area contributed by atoms with Crippen molar-refractivity contribution in [1.29, 1.82) is 0 Å². The van der Waals surface area contributed by atoms with Crippen molar-refractivity contribution in [3.05, 3.63) is 0 Å². The molecular weight excluding hydrogens is 1430 g/mol. The third-order valence-corrected chi connectivity index (χ3v) is 27.4. The lowest BCUT2D eigenvalue weighted by atomic mass is 9.65. The maximum absolute atomic E-state index is 13.9. The minimum absolute atomic E-state index is 0. The van der Waals surface area contributed by atoms with Crippen molar-refractivity contribution in [3.8, 4) is 0 Å². The highest BCUT2D eigenvalue weighted by molar-refractivity contribution is 6.48. The Labute approximate surface area is 624 Å². The second-order valence-corrected chi connectivity index (χ2v) is 42.9. The van der Waals surface area contributed by atoms with Crippen LogP contribution in [0, 0.1) is 124 Å². The van der Waals surface area contributed by atoms with E-state index in [0.717, 1.165) is 87.4 Å². The summed E-state index contributed by atoms with van der Waals surface area (Å²) in [6, 6.07) is 0. The normalized spacial score (nSPS) is 33.8. The summed E-state index contributed by atoms with van der Waals surface area (Å²) in [5, 5.41) is 0. The van der Waals surface area contributed by atoms with Crippen LogP contribution in [-0.4, -0.2) is 126 Å². The van der Waals surface area contributed by atoms with Gasteiger partial charge in [-0.15, -0.1) is 0 Å². The Balaban J connectivity index is 0.000000691. The summed E-state index contributed by atoms with van der Waals surface area (Å²) >= 11 is 0. The van der Waals surface area contributed by atoms with Crippen LogP contribution in [0.1, 0.15) is 229 Å². The van der Waals surface area contributed by atoms with Crippen molar-refractivity contribution in [2.45, 2.75) is 327 Å². The monoisotopic (exact) mass is 1570 g/mol. The fourth-order valence-corrected chi connectivity index (χ4v) is 21.3. The minimum atomic E-state index is -5.79. The second kappa shape index (κ2) is 37.7. The maximum Gasteiger partial charge on any atom is 0.510 e. The van der Waals surface area contributed by atoms with Gasteiger partial charge < -0.3 is 41.7 Å². The molecule has 0 aliphatic heterocycles. The van der Waals surface area contributed by atoms with Crippen LogP contribution in [0.5, 0.6) is 0 Å². The van der Waals surface area contributed by atoms with Gasteiger partial charge in [-0.1, -0.05) is 44.6 Å². The van der Waals surface area contributed by atoms with E-state index in [4.69, 9.17) is 32.2 Å². The molecule has 12 aliphatic carbocycles. The summed E-state index contributed by atoms with van der Waals surface area (Å²) in [5.41, 5.74) is -10.1. The molecule has 0 radical (unpaired) electrons. The Hall–Kier alpha value is -2.50. The fraction of sp³-hybridized carbons (Fsp3) is 0.961. The average Bonchev–Trinajstić information content (AvgIpc) is 1.54. The first-order valence-corrected chi connectivity index (χ1v) is 44.8. The molecule has 12 bridgehead atoms. The second-order valence-electron chi connectivity index (χ2n) is 35.2. The Morgan fingerprint density at radius 3 is 0.894 bits per heavy atom. The van der Waals surface area contributed by atoms with Gasteiger partial charge in [-0.2, -0.15) is 52.7 Å². The summed E-state index contributed by atoms with van der Waals surface area (Å²) in [6.07, 6.45) is -12.8. The first kappa shape index (κ1) is 99.5. The van der Waals surface area contributed by atoms with Crippen LogP contribution >= 0.6 is 0 Å². The Kier molecular flexibility index (Phi) is 36.1. The van der Waals surface area contributed by atoms with Crippen LogP contribution in [0.4, 0.5) is 67.1 Å². The van der Waals surface area contributed by atoms with Crippen molar-refractivity contribution < 1.29 is 109 Å². The third-order valence-electron chi connectivity index (χ3n) is 24.6. The van der Waals surface area contributed by atoms with Gasteiger partial charge >= 0.3 is 48.8 Å². The van der Waals surface area contributed by atoms with Crippen molar-refractivity contribution in [2.24, 2.45) is 124 Å². The summed E-state index contributed by atoms with van der Waals surface area (Å²) in [4.78, 5) is 35.7. The highest BCUT2D eigenvalue weighted by Crippen LogP contribution is 2.73. The van der Waals surface area contributed by atoms with Crippen molar-refractivity contribution in [1.82, 2.24) is 0 Å². The number of carbonyl (C=O) groups is 3. The zero-order valence-corrected chi connectivity index (χ0v) is 65.1. The topological polar surface area (TPSA) is 134 Å². The summed E-state index contributed by atoms with van der Waals surface area (Å²) in [5.74, 6) is 8.84. The van der Waals surface area contributed by atoms with Crippen LogP contribution in [0.15, 0.2) is 0 Å². The molecule has 12 nitrogen and oxygen atoms in total. The number of alkyl halides is 12. The SMILES string of the molecule is C.C.C.C.C.C.CC(C)(C)OC(=O)OC(C)(CC1CC2CC1C1C3CCC(C3)C21)C(F)(F)F.CC(C)(C)OC(=O)OC(CC1CC2CC1C1C3CCC(C3)C21)(C(F)(F)F)C(F)(F)F.CC(C)(C)OC(=O)OC(CC1CC2CC1C1C3CCC(C3)C21)C(F)(F)F.CO[SiH](C)C.CO[SiH](C)C.CO[SiH](C)C. The predicted molar refractivity (Wildman–Crippen MR) is 396 cm³/mol. The summed E-state index contributed by atoms with van der Waals surface area (Å²) < 4.78 is 209. The van der Waals surface area contributed by atoms with Crippen LogP contribution in [-0.2, 0) is 41.7 Å². The van der Waals surface area contributed by atoms with Crippen molar-refractivity contribution >= 4 is 45.6 Å². The third kappa shape index (κ3) is 23.5. The van der Waals surface area contributed by atoms with E-state index in [1.54, 1.807) is 62.9 Å². The van der Waals surface area contributed by atoms with Crippen LogP contribution in [0.25, 0.3) is 0 Å². The lowest BCUT2D eigenvalue weighted by Crippen LogP contribution is -2.61. The van der Waals surface area contributed by atoms with E-state index in [2.05, 4.69) is 48.8 Å². The van der Waals surface area contributed by atoms with Gasteiger partial charge in [0.2, 0.25) is 11.7 Å². The number of ether oxygens (including phenoxy) is 6. The summed E-state index contributed by atoms with van der Waals surface area (Å²) in [6.45, 7) is 27.6. The molecule has 0 aromatic carbocycles. The highest BCUT2D eigenvalue weighted by atomic mass is 28.3. The molecule has 0 amide bonds. The molecule has 0 aromatic rings. The van der Waals surface area contributed by atoms with E-state index in [9.17, 15) is 67.1 Å². The van der Waals surface area contributed by atoms with E-state index < -0.39 is 117 Å². The summed E-state index contributed by atoms with van der Waals surface area (Å²) in [7, 11) is 3.33. The predicted octanol–water partition coefficient (Wildman–Crippen LogP) is 23.7. The molecule has 12 saturated carbocycles. The molecule has 0 N–H and O–H groups in total. The largest absolute Gasteiger partial charge is 0.510 e. The van der Waals surface area contributed by atoms with Gasteiger partial charge in [-0.25, -0.2) is 14.4 Å². The quantitative estimate of drug-likeness (QED) is 0.0605.